The van der Waals surface area contributed by atoms with Gasteiger partial charge in [-0.1, -0.05) is 39.8 Å². The third kappa shape index (κ3) is 9.14. The minimum absolute atomic E-state index is 0.0278. The summed E-state index contributed by atoms with van der Waals surface area (Å²) >= 11 is 0. The highest BCUT2D eigenvalue weighted by Crippen LogP contribution is 2.23. The van der Waals surface area contributed by atoms with E-state index in [4.69, 9.17) is 0 Å². The molecule has 33 heavy (non-hydrogen) atoms. The van der Waals surface area contributed by atoms with Gasteiger partial charge in [-0.3, -0.25) is 19.4 Å². The molecule has 0 aliphatic carbocycles. The molecule has 0 radical (unpaired) electrons. The molecule has 0 saturated carbocycles. The van der Waals surface area contributed by atoms with Crippen LogP contribution in [0.2, 0.25) is 0 Å². The molecule has 4 N–H and O–H groups in total. The van der Waals surface area contributed by atoms with Crippen LogP contribution in [0, 0.1) is 0 Å². The number of carbonyl (C=O) groups is 3. The molecule has 182 valence electrons. The lowest BCUT2D eigenvalue weighted by molar-refractivity contribution is 0.0951. The van der Waals surface area contributed by atoms with E-state index in [1.54, 1.807) is 38.2 Å². The number of phenols is 2. The number of phenolic OH excluding ortho intramolecular Hbond substituents is 2. The summed E-state index contributed by atoms with van der Waals surface area (Å²) < 4.78 is 0. The van der Waals surface area contributed by atoms with Crippen LogP contribution in [-0.2, 0) is 0 Å². The van der Waals surface area contributed by atoms with Crippen LogP contribution in [-0.4, -0.2) is 54.7 Å². The fourth-order valence-corrected chi connectivity index (χ4v) is 2.42. The molecular formula is C25H37N3O5. The Morgan fingerprint density at radius 3 is 1.36 bits per heavy atom. The topological polar surface area (TPSA) is 128 Å². The van der Waals surface area contributed by atoms with Gasteiger partial charge in [-0.05, 0) is 38.1 Å². The first-order valence-corrected chi connectivity index (χ1v) is 10.7. The molecule has 2 aromatic rings. The van der Waals surface area contributed by atoms with Crippen LogP contribution in [0.1, 0.15) is 78.2 Å². The maximum Gasteiger partial charge on any atom is 0.254 e. The Balaban J connectivity index is 0. The Bertz CT molecular complexity index is 953. The fourth-order valence-electron chi connectivity index (χ4n) is 2.42. The van der Waals surface area contributed by atoms with E-state index in [9.17, 15) is 24.6 Å². The van der Waals surface area contributed by atoms with Crippen LogP contribution in [0.5, 0.6) is 11.5 Å². The summed E-state index contributed by atoms with van der Waals surface area (Å²) in [6.45, 7) is 11.1. The van der Waals surface area contributed by atoms with Gasteiger partial charge < -0.3 is 20.8 Å². The summed E-state index contributed by atoms with van der Waals surface area (Å²) in [6.07, 6.45) is 0. The zero-order valence-corrected chi connectivity index (χ0v) is 21.0. The van der Waals surface area contributed by atoms with Crippen molar-refractivity contribution in [2.45, 2.75) is 41.5 Å². The van der Waals surface area contributed by atoms with Gasteiger partial charge >= 0.3 is 0 Å². The van der Waals surface area contributed by atoms with E-state index in [1.165, 1.54) is 33.2 Å². The zero-order valence-electron chi connectivity index (χ0n) is 21.0. The molecule has 0 saturated heterocycles. The second kappa shape index (κ2) is 16.9. The molecule has 0 fully saturated rings. The number of ketones is 1. The highest BCUT2D eigenvalue weighted by molar-refractivity contribution is 6.06. The van der Waals surface area contributed by atoms with Gasteiger partial charge in [-0.2, -0.15) is 0 Å². The number of nitrogens with one attached hydrogen (secondary N) is 2. The molecule has 0 unspecified atom stereocenters. The Kier molecular flexibility index (Phi) is 16.2. The summed E-state index contributed by atoms with van der Waals surface area (Å²) in [5, 5.41) is 24.3. The lowest BCUT2D eigenvalue weighted by Crippen LogP contribution is -2.18. The molecular weight excluding hydrogens is 422 g/mol. The summed E-state index contributed by atoms with van der Waals surface area (Å²) in [5.74, 6) is -1.28. The van der Waals surface area contributed by atoms with Gasteiger partial charge in [0.1, 0.15) is 11.5 Å². The molecule has 0 aromatic heterocycles. The number of amides is 2. The monoisotopic (exact) mass is 459 g/mol. The van der Waals surface area contributed by atoms with E-state index < -0.39 is 5.91 Å². The van der Waals surface area contributed by atoms with Gasteiger partial charge in [0.05, 0.1) is 16.7 Å². The predicted molar refractivity (Wildman–Crippen MR) is 134 cm³/mol. The number of hydrogen-bond acceptors (Lipinski definition) is 6. The number of benzene rings is 2. The van der Waals surface area contributed by atoms with Gasteiger partial charge in [0.15, 0.2) is 5.78 Å². The molecule has 0 bridgehead atoms. The van der Waals surface area contributed by atoms with E-state index >= 15 is 0 Å². The number of hydrogen-bond donors (Lipinski definition) is 4. The molecule has 8 nitrogen and oxygen atoms in total. The smallest absolute Gasteiger partial charge is 0.254 e. The number of Topliss-reactive ketones (excluding diaryl/α,β-unsaturated/α-hetero) is 1. The van der Waals surface area contributed by atoms with Gasteiger partial charge in [0.2, 0.25) is 0 Å². The third-order valence-corrected chi connectivity index (χ3v) is 4.12. The molecule has 2 amide bonds. The summed E-state index contributed by atoms with van der Waals surface area (Å²) in [5.41, 5.74) is 1.81. The summed E-state index contributed by atoms with van der Waals surface area (Å²) in [4.78, 5) is 37.6. The SMILES string of the molecule is CC.CC.CN=C(C)c1cccc(C(=O)NC)c1O.CNC(=O)c1cccc(C(C)=O)c1O. The second-order valence-corrected chi connectivity index (χ2v) is 5.93. The van der Waals surface area contributed by atoms with Crippen molar-refractivity contribution in [2.24, 2.45) is 4.99 Å². The molecule has 2 aromatic carbocycles. The van der Waals surface area contributed by atoms with Crippen LogP contribution in [0.3, 0.4) is 0 Å². The van der Waals surface area contributed by atoms with Crippen molar-refractivity contribution in [1.29, 1.82) is 0 Å². The maximum absolute atomic E-state index is 11.4. The minimum Gasteiger partial charge on any atom is -0.506 e. The van der Waals surface area contributed by atoms with E-state index in [2.05, 4.69) is 15.6 Å². The number of aromatic hydroxyl groups is 2. The van der Waals surface area contributed by atoms with Crippen molar-refractivity contribution < 1.29 is 24.6 Å². The Morgan fingerprint density at radius 2 is 1.03 bits per heavy atom. The van der Waals surface area contributed by atoms with Crippen molar-refractivity contribution in [3.05, 3.63) is 58.7 Å². The van der Waals surface area contributed by atoms with E-state index in [-0.39, 0.29) is 39.9 Å². The number of nitrogens with zero attached hydrogens (tertiary/aromatic N) is 1. The van der Waals surface area contributed by atoms with Crippen molar-refractivity contribution in [3.63, 3.8) is 0 Å². The molecule has 0 atom stereocenters. The quantitative estimate of drug-likeness (QED) is 0.402. The van der Waals surface area contributed by atoms with Crippen molar-refractivity contribution >= 4 is 23.3 Å². The summed E-state index contributed by atoms with van der Waals surface area (Å²) in [6, 6.07) is 9.50. The third-order valence-electron chi connectivity index (χ3n) is 4.12. The Labute approximate surface area is 196 Å². The first-order chi connectivity index (χ1) is 15.7. The number of para-hydroxylation sites is 2. The normalized spacial score (nSPS) is 9.55. The average molecular weight is 460 g/mol. The number of rotatable bonds is 4. The Hall–Kier alpha value is -3.68. The molecule has 8 heteroatoms. The van der Waals surface area contributed by atoms with E-state index in [1.807, 2.05) is 27.7 Å². The fraction of sp³-hybridized carbons (Fsp3) is 0.360. The van der Waals surface area contributed by atoms with Gasteiger partial charge in [0.25, 0.3) is 11.8 Å². The first-order valence-electron chi connectivity index (χ1n) is 10.7. The first kappa shape index (κ1) is 31.5. The highest BCUT2D eigenvalue weighted by Gasteiger charge is 2.15. The van der Waals surface area contributed by atoms with Crippen LogP contribution in [0.15, 0.2) is 41.4 Å². The predicted octanol–water partition coefficient (Wildman–Crippen LogP) is 4.20. The standard InChI is InChI=1S/C11H14N2O2.C10H11NO3.2C2H6/c1-7(12-2)8-5-4-6-9(10(8)14)11(15)13-3;1-6(12)7-4-3-5-8(9(7)13)10(14)11-2;2*1-2/h4-6,14H,1-3H3,(H,13,15);3-5,13H,1-2H3,(H,11,14);2*1-2H3. The molecule has 0 spiro atoms. The molecule has 0 heterocycles. The molecule has 0 aliphatic heterocycles. The molecule has 0 aliphatic rings. The van der Waals surface area contributed by atoms with E-state index in [0.717, 1.165) is 0 Å². The second-order valence-electron chi connectivity index (χ2n) is 5.93. The van der Waals surface area contributed by atoms with Crippen molar-refractivity contribution in [3.8, 4) is 11.5 Å². The van der Waals surface area contributed by atoms with Crippen LogP contribution in [0.25, 0.3) is 0 Å². The molecule has 2 rings (SSSR count). The minimum atomic E-state index is -0.411. The van der Waals surface area contributed by atoms with E-state index in [0.29, 0.717) is 11.3 Å². The van der Waals surface area contributed by atoms with Gasteiger partial charge in [-0.15, -0.1) is 0 Å². The number of aliphatic imine (C=N–C) groups is 1. The largest absolute Gasteiger partial charge is 0.506 e. The number of carbonyl (C=O) groups excluding carboxylic acids is 3. The highest BCUT2D eigenvalue weighted by atomic mass is 16.3. The van der Waals surface area contributed by atoms with Crippen LogP contribution in [0.4, 0.5) is 0 Å². The van der Waals surface area contributed by atoms with Crippen LogP contribution < -0.4 is 10.6 Å². The van der Waals surface area contributed by atoms with Crippen molar-refractivity contribution in [2.75, 3.05) is 21.1 Å². The van der Waals surface area contributed by atoms with Crippen LogP contribution >= 0.6 is 0 Å². The summed E-state index contributed by atoms with van der Waals surface area (Å²) in [7, 11) is 4.62. The lowest BCUT2D eigenvalue weighted by atomic mass is 10.0. The lowest BCUT2D eigenvalue weighted by Gasteiger charge is -2.07. The maximum atomic E-state index is 11.4. The zero-order chi connectivity index (χ0) is 26.1. The van der Waals surface area contributed by atoms with Gasteiger partial charge in [0, 0.05) is 32.4 Å². The average Bonchev–Trinajstić information content (AvgIpc) is 2.85. The van der Waals surface area contributed by atoms with Crippen molar-refractivity contribution in [1.82, 2.24) is 10.6 Å². The Morgan fingerprint density at radius 1 is 0.697 bits per heavy atom. The van der Waals surface area contributed by atoms with Gasteiger partial charge in [-0.25, -0.2) is 0 Å².